The van der Waals surface area contributed by atoms with Crippen molar-refractivity contribution < 1.29 is 4.79 Å². The molecule has 88 valence electrons. The lowest BCUT2D eigenvalue weighted by Gasteiger charge is -2.26. The molecule has 0 bridgehead atoms. The first-order valence-electron chi connectivity index (χ1n) is 5.86. The van der Waals surface area contributed by atoms with Crippen molar-refractivity contribution in [2.75, 3.05) is 26.7 Å². The van der Waals surface area contributed by atoms with Crippen molar-refractivity contribution in [2.45, 2.75) is 32.2 Å². The standard InChI is InChI=1S/C11H23N3O/c1-3-6-13-11(15)8-14(2)10(7-12)9-4-5-9/h9-10H,3-8,12H2,1-2H3,(H,13,15). The van der Waals surface area contributed by atoms with Crippen LogP contribution in [0.15, 0.2) is 0 Å². The molecule has 0 aliphatic heterocycles. The maximum atomic E-state index is 11.5. The van der Waals surface area contributed by atoms with Gasteiger partial charge < -0.3 is 11.1 Å². The van der Waals surface area contributed by atoms with E-state index in [0.29, 0.717) is 19.1 Å². The van der Waals surface area contributed by atoms with Crippen molar-refractivity contribution >= 4 is 5.91 Å². The Morgan fingerprint density at radius 3 is 2.73 bits per heavy atom. The van der Waals surface area contributed by atoms with Crippen molar-refractivity contribution in [2.24, 2.45) is 11.7 Å². The summed E-state index contributed by atoms with van der Waals surface area (Å²) in [7, 11) is 1.99. The number of likely N-dealkylation sites (N-methyl/N-ethyl adjacent to an activating group) is 1. The van der Waals surface area contributed by atoms with Gasteiger partial charge in [0.2, 0.25) is 5.91 Å². The average molecular weight is 213 g/mol. The summed E-state index contributed by atoms with van der Waals surface area (Å²) < 4.78 is 0. The number of nitrogens with one attached hydrogen (secondary N) is 1. The fourth-order valence-corrected chi connectivity index (χ4v) is 1.88. The van der Waals surface area contributed by atoms with Gasteiger partial charge in [0.05, 0.1) is 6.54 Å². The number of hydrogen-bond acceptors (Lipinski definition) is 3. The molecule has 1 atom stereocenters. The van der Waals surface area contributed by atoms with Gasteiger partial charge >= 0.3 is 0 Å². The smallest absolute Gasteiger partial charge is 0.234 e. The van der Waals surface area contributed by atoms with Gasteiger partial charge in [0.15, 0.2) is 0 Å². The molecule has 0 saturated heterocycles. The van der Waals surface area contributed by atoms with Gasteiger partial charge in [-0.25, -0.2) is 0 Å². The Kier molecular flexibility index (Phi) is 5.05. The molecule has 0 spiro atoms. The van der Waals surface area contributed by atoms with Crippen LogP contribution in [-0.2, 0) is 4.79 Å². The number of nitrogens with zero attached hydrogens (tertiary/aromatic N) is 1. The van der Waals surface area contributed by atoms with Gasteiger partial charge in [0.1, 0.15) is 0 Å². The number of hydrogen-bond donors (Lipinski definition) is 2. The first kappa shape index (κ1) is 12.5. The lowest BCUT2D eigenvalue weighted by atomic mass is 10.1. The minimum Gasteiger partial charge on any atom is -0.355 e. The summed E-state index contributed by atoms with van der Waals surface area (Å²) in [5.74, 6) is 0.831. The zero-order valence-electron chi connectivity index (χ0n) is 9.83. The molecular formula is C11H23N3O. The van der Waals surface area contributed by atoms with E-state index in [-0.39, 0.29) is 5.91 Å². The fraction of sp³-hybridized carbons (Fsp3) is 0.909. The van der Waals surface area contributed by atoms with E-state index < -0.39 is 0 Å². The number of rotatable bonds is 7. The molecule has 1 rings (SSSR count). The summed E-state index contributed by atoms with van der Waals surface area (Å²) in [6, 6.07) is 0.386. The van der Waals surface area contributed by atoms with E-state index in [1.807, 2.05) is 7.05 Å². The molecule has 0 heterocycles. The highest BCUT2D eigenvalue weighted by molar-refractivity contribution is 5.77. The third-order valence-electron chi connectivity index (χ3n) is 2.94. The van der Waals surface area contributed by atoms with Crippen LogP contribution in [0.1, 0.15) is 26.2 Å². The summed E-state index contributed by atoms with van der Waals surface area (Å²) in [4.78, 5) is 13.6. The molecular weight excluding hydrogens is 190 g/mol. The van der Waals surface area contributed by atoms with E-state index in [1.54, 1.807) is 0 Å². The Hall–Kier alpha value is -0.610. The van der Waals surface area contributed by atoms with E-state index >= 15 is 0 Å². The average Bonchev–Trinajstić information content (AvgIpc) is 3.00. The first-order valence-corrected chi connectivity index (χ1v) is 5.86. The second-order valence-corrected chi connectivity index (χ2v) is 4.41. The third-order valence-corrected chi connectivity index (χ3v) is 2.94. The Bertz CT molecular complexity index is 204. The van der Waals surface area contributed by atoms with Crippen molar-refractivity contribution in [1.29, 1.82) is 0 Å². The van der Waals surface area contributed by atoms with Gasteiger partial charge in [-0.3, -0.25) is 9.69 Å². The largest absolute Gasteiger partial charge is 0.355 e. The molecule has 1 aliphatic rings. The third kappa shape index (κ3) is 4.18. The molecule has 4 heteroatoms. The van der Waals surface area contributed by atoms with Crippen LogP contribution in [0, 0.1) is 5.92 Å². The number of carbonyl (C=O) groups excluding carboxylic acids is 1. The van der Waals surface area contributed by atoms with E-state index in [2.05, 4.69) is 17.1 Å². The van der Waals surface area contributed by atoms with Gasteiger partial charge in [-0.1, -0.05) is 6.92 Å². The van der Waals surface area contributed by atoms with E-state index in [0.717, 1.165) is 18.9 Å². The van der Waals surface area contributed by atoms with Crippen LogP contribution in [0.2, 0.25) is 0 Å². The molecule has 3 N–H and O–H groups in total. The Balaban J connectivity index is 2.25. The fourth-order valence-electron chi connectivity index (χ4n) is 1.88. The Morgan fingerprint density at radius 1 is 1.60 bits per heavy atom. The van der Waals surface area contributed by atoms with E-state index in [1.165, 1.54) is 12.8 Å². The highest BCUT2D eigenvalue weighted by atomic mass is 16.2. The van der Waals surface area contributed by atoms with Gasteiger partial charge in [-0.15, -0.1) is 0 Å². The summed E-state index contributed by atoms with van der Waals surface area (Å²) >= 11 is 0. The second-order valence-electron chi connectivity index (χ2n) is 4.41. The summed E-state index contributed by atoms with van der Waals surface area (Å²) in [5, 5.41) is 2.88. The van der Waals surface area contributed by atoms with Crippen molar-refractivity contribution in [3.63, 3.8) is 0 Å². The highest BCUT2D eigenvalue weighted by Gasteiger charge is 2.33. The van der Waals surface area contributed by atoms with Crippen molar-refractivity contribution in [3.05, 3.63) is 0 Å². The van der Waals surface area contributed by atoms with Gasteiger partial charge in [-0.05, 0) is 32.2 Å². The van der Waals surface area contributed by atoms with Crippen LogP contribution in [0.3, 0.4) is 0 Å². The van der Waals surface area contributed by atoms with Crippen LogP contribution in [0.5, 0.6) is 0 Å². The molecule has 1 amide bonds. The minimum atomic E-state index is 0.110. The number of carbonyl (C=O) groups is 1. The van der Waals surface area contributed by atoms with Crippen LogP contribution in [0.25, 0.3) is 0 Å². The lowest BCUT2D eigenvalue weighted by Crippen LogP contribution is -2.45. The maximum Gasteiger partial charge on any atom is 0.234 e. The number of nitrogens with two attached hydrogens (primary N) is 1. The summed E-state index contributed by atoms with van der Waals surface area (Å²) in [6.07, 6.45) is 3.52. The molecule has 0 radical (unpaired) electrons. The summed E-state index contributed by atoms with van der Waals surface area (Å²) in [6.45, 7) is 3.95. The molecule has 1 saturated carbocycles. The lowest BCUT2D eigenvalue weighted by molar-refractivity contribution is -0.122. The topological polar surface area (TPSA) is 58.4 Å². The molecule has 0 aromatic heterocycles. The molecule has 0 aromatic carbocycles. The predicted molar refractivity (Wildman–Crippen MR) is 61.5 cm³/mol. The van der Waals surface area contributed by atoms with Crippen LogP contribution in [-0.4, -0.2) is 43.5 Å². The first-order chi connectivity index (χ1) is 7.19. The maximum absolute atomic E-state index is 11.5. The van der Waals surface area contributed by atoms with Crippen LogP contribution >= 0.6 is 0 Å². The normalized spacial score (nSPS) is 17.9. The predicted octanol–water partition coefficient (Wildman–Crippen LogP) is 0.182. The Labute approximate surface area is 92.2 Å². The summed E-state index contributed by atoms with van der Waals surface area (Å²) in [5.41, 5.74) is 5.72. The van der Waals surface area contributed by atoms with Crippen LogP contribution in [0.4, 0.5) is 0 Å². The quantitative estimate of drug-likeness (QED) is 0.634. The van der Waals surface area contributed by atoms with E-state index in [9.17, 15) is 4.79 Å². The molecule has 4 nitrogen and oxygen atoms in total. The Morgan fingerprint density at radius 2 is 2.27 bits per heavy atom. The van der Waals surface area contributed by atoms with Gasteiger partial charge in [-0.2, -0.15) is 0 Å². The number of amides is 1. The monoisotopic (exact) mass is 213 g/mol. The van der Waals surface area contributed by atoms with Gasteiger partial charge in [0, 0.05) is 19.1 Å². The molecule has 1 unspecified atom stereocenters. The highest BCUT2D eigenvalue weighted by Crippen LogP contribution is 2.34. The molecule has 1 fully saturated rings. The SMILES string of the molecule is CCCNC(=O)CN(C)C(CN)C1CC1. The van der Waals surface area contributed by atoms with Crippen molar-refractivity contribution in [1.82, 2.24) is 10.2 Å². The molecule has 1 aliphatic carbocycles. The molecule has 15 heavy (non-hydrogen) atoms. The minimum absolute atomic E-state index is 0.110. The van der Waals surface area contributed by atoms with E-state index in [4.69, 9.17) is 5.73 Å². The van der Waals surface area contributed by atoms with Gasteiger partial charge in [0.25, 0.3) is 0 Å². The molecule has 0 aromatic rings. The zero-order chi connectivity index (χ0) is 11.3. The van der Waals surface area contributed by atoms with Crippen molar-refractivity contribution in [3.8, 4) is 0 Å². The zero-order valence-corrected chi connectivity index (χ0v) is 9.83. The second kappa shape index (κ2) is 6.08. The van der Waals surface area contributed by atoms with Crippen LogP contribution < -0.4 is 11.1 Å².